The van der Waals surface area contributed by atoms with Crippen LogP contribution in [0.4, 0.5) is 0 Å². The zero-order valence-electron chi connectivity index (χ0n) is 10.5. The summed E-state index contributed by atoms with van der Waals surface area (Å²) in [4.78, 5) is 12.6. The minimum absolute atomic E-state index is 0.273. The number of thiophene rings is 1. The van der Waals surface area contributed by atoms with Gasteiger partial charge in [0.05, 0.1) is 22.9 Å². The van der Waals surface area contributed by atoms with Crippen LogP contribution in [0.5, 0.6) is 0 Å². The number of carbonyl (C=O) groups excluding carboxylic acids is 1. The van der Waals surface area contributed by atoms with E-state index in [1.54, 1.807) is 30.5 Å². The molecule has 0 bridgehead atoms. The number of benzene rings is 1. The lowest BCUT2D eigenvalue weighted by Crippen LogP contribution is -2.21. The van der Waals surface area contributed by atoms with Crippen LogP contribution in [0.1, 0.15) is 15.4 Å². The van der Waals surface area contributed by atoms with Gasteiger partial charge in [0.15, 0.2) is 0 Å². The minimum atomic E-state index is -0.273. The highest BCUT2D eigenvalue weighted by Gasteiger charge is 2.19. The summed E-state index contributed by atoms with van der Waals surface area (Å²) >= 11 is 19.6. The van der Waals surface area contributed by atoms with E-state index in [4.69, 9.17) is 39.2 Å². The van der Waals surface area contributed by atoms with Gasteiger partial charge < -0.3 is 9.73 Å². The van der Waals surface area contributed by atoms with Gasteiger partial charge in [-0.1, -0.05) is 34.8 Å². The first-order chi connectivity index (χ1) is 10.1. The van der Waals surface area contributed by atoms with E-state index in [0.717, 1.165) is 4.70 Å². The second-order valence-corrected chi connectivity index (χ2v) is 6.54. The maximum absolute atomic E-state index is 12.2. The molecule has 2 heterocycles. The van der Waals surface area contributed by atoms with Gasteiger partial charge in [0.2, 0.25) is 0 Å². The number of amides is 1. The molecule has 1 aromatic carbocycles. The Kier molecular flexibility index (Phi) is 4.13. The van der Waals surface area contributed by atoms with E-state index in [2.05, 4.69) is 5.32 Å². The average Bonchev–Trinajstić information content (AvgIpc) is 3.04. The van der Waals surface area contributed by atoms with Gasteiger partial charge in [-0.05, 0) is 24.3 Å². The summed E-state index contributed by atoms with van der Waals surface area (Å²) in [6, 6.07) is 6.89. The van der Waals surface area contributed by atoms with Gasteiger partial charge in [-0.15, -0.1) is 11.3 Å². The van der Waals surface area contributed by atoms with Crippen molar-refractivity contribution in [3.05, 3.63) is 56.2 Å². The van der Waals surface area contributed by atoms with Gasteiger partial charge in [-0.2, -0.15) is 0 Å². The number of hydrogen-bond acceptors (Lipinski definition) is 3. The molecule has 21 heavy (non-hydrogen) atoms. The van der Waals surface area contributed by atoms with Crippen LogP contribution in [-0.4, -0.2) is 5.91 Å². The van der Waals surface area contributed by atoms with Crippen molar-refractivity contribution in [1.82, 2.24) is 5.32 Å². The second kappa shape index (κ2) is 5.89. The summed E-state index contributed by atoms with van der Waals surface area (Å²) in [5.74, 6) is 0.395. The highest BCUT2D eigenvalue weighted by molar-refractivity contribution is 7.21. The Morgan fingerprint density at radius 2 is 2.10 bits per heavy atom. The van der Waals surface area contributed by atoms with E-state index < -0.39 is 0 Å². The summed E-state index contributed by atoms with van der Waals surface area (Å²) < 4.78 is 5.94. The summed E-state index contributed by atoms with van der Waals surface area (Å²) in [7, 11) is 0. The maximum atomic E-state index is 12.2. The van der Waals surface area contributed by atoms with E-state index >= 15 is 0 Å². The third kappa shape index (κ3) is 2.90. The van der Waals surface area contributed by atoms with E-state index in [9.17, 15) is 4.79 Å². The van der Waals surface area contributed by atoms with Crippen LogP contribution < -0.4 is 5.32 Å². The van der Waals surface area contributed by atoms with Crippen molar-refractivity contribution in [2.24, 2.45) is 0 Å². The van der Waals surface area contributed by atoms with Gasteiger partial charge in [0.25, 0.3) is 5.91 Å². The fourth-order valence-corrected chi connectivity index (χ4v) is 4.21. The van der Waals surface area contributed by atoms with Crippen molar-refractivity contribution < 1.29 is 9.21 Å². The third-order valence-electron chi connectivity index (χ3n) is 2.86. The van der Waals surface area contributed by atoms with E-state index in [-0.39, 0.29) is 5.91 Å². The molecule has 2 aromatic heterocycles. The molecule has 0 saturated heterocycles. The topological polar surface area (TPSA) is 42.2 Å². The molecule has 3 aromatic rings. The number of rotatable bonds is 3. The van der Waals surface area contributed by atoms with Gasteiger partial charge >= 0.3 is 0 Å². The Balaban J connectivity index is 1.91. The molecule has 3 nitrogen and oxygen atoms in total. The Labute approximate surface area is 139 Å². The molecule has 0 saturated carbocycles. The molecule has 0 aliphatic rings. The molecule has 3 rings (SSSR count). The van der Waals surface area contributed by atoms with E-state index in [0.29, 0.717) is 37.6 Å². The molecule has 0 atom stereocenters. The zero-order chi connectivity index (χ0) is 15.0. The van der Waals surface area contributed by atoms with Crippen molar-refractivity contribution >= 4 is 62.1 Å². The van der Waals surface area contributed by atoms with E-state index in [1.165, 1.54) is 11.3 Å². The lowest BCUT2D eigenvalue weighted by Gasteiger charge is -2.01. The predicted molar refractivity (Wildman–Crippen MR) is 86.7 cm³/mol. The van der Waals surface area contributed by atoms with Crippen molar-refractivity contribution in [1.29, 1.82) is 0 Å². The molecule has 0 aliphatic carbocycles. The predicted octanol–water partition coefficient (Wildman–Crippen LogP) is 5.38. The number of halogens is 3. The average molecular weight is 361 g/mol. The molecule has 0 spiro atoms. The lowest BCUT2D eigenvalue weighted by molar-refractivity contribution is 0.0952. The van der Waals surface area contributed by atoms with Gasteiger partial charge in [-0.25, -0.2) is 0 Å². The number of nitrogens with one attached hydrogen (secondary N) is 1. The Bertz CT molecular complexity index is 811. The van der Waals surface area contributed by atoms with Crippen LogP contribution in [-0.2, 0) is 6.54 Å². The molecule has 1 amide bonds. The SMILES string of the molecule is O=C(NCc1ccco1)c1sc2cc(Cl)cc(Cl)c2c1Cl. The van der Waals surface area contributed by atoms with Crippen LogP contribution in [0.2, 0.25) is 15.1 Å². The van der Waals surface area contributed by atoms with Crippen molar-refractivity contribution in [2.45, 2.75) is 6.54 Å². The first-order valence-corrected chi connectivity index (χ1v) is 7.89. The summed E-state index contributed by atoms with van der Waals surface area (Å²) in [6.45, 7) is 0.297. The van der Waals surface area contributed by atoms with Crippen LogP contribution in [0.3, 0.4) is 0 Å². The standard InChI is InChI=1S/C14H8Cl3NO2S/c15-7-4-9(16)11-10(5-7)21-13(12(11)17)14(19)18-6-8-2-1-3-20-8/h1-5H,6H2,(H,18,19). The summed E-state index contributed by atoms with van der Waals surface area (Å²) in [5, 5.41) is 4.69. The zero-order valence-corrected chi connectivity index (χ0v) is 13.5. The normalized spacial score (nSPS) is 11.0. The third-order valence-corrected chi connectivity index (χ3v) is 5.00. The Morgan fingerprint density at radius 1 is 1.29 bits per heavy atom. The fraction of sp³-hybridized carbons (Fsp3) is 0.0714. The number of furan rings is 1. The van der Waals surface area contributed by atoms with Crippen LogP contribution in [0, 0.1) is 0 Å². The molecule has 0 unspecified atom stereocenters. The highest BCUT2D eigenvalue weighted by atomic mass is 35.5. The molecule has 0 aliphatic heterocycles. The lowest BCUT2D eigenvalue weighted by atomic mass is 10.2. The van der Waals surface area contributed by atoms with Crippen molar-refractivity contribution in [3.63, 3.8) is 0 Å². The monoisotopic (exact) mass is 359 g/mol. The van der Waals surface area contributed by atoms with Crippen LogP contribution >= 0.6 is 46.1 Å². The van der Waals surface area contributed by atoms with Gasteiger partial charge in [0, 0.05) is 15.1 Å². The Hall–Kier alpha value is -1.20. The molecule has 7 heteroatoms. The van der Waals surface area contributed by atoms with Crippen LogP contribution in [0.25, 0.3) is 10.1 Å². The Morgan fingerprint density at radius 3 is 2.81 bits per heavy atom. The molecule has 1 N–H and O–H groups in total. The van der Waals surface area contributed by atoms with Crippen molar-refractivity contribution in [2.75, 3.05) is 0 Å². The maximum Gasteiger partial charge on any atom is 0.263 e. The van der Waals surface area contributed by atoms with Crippen LogP contribution in [0.15, 0.2) is 34.9 Å². The molecular formula is C14H8Cl3NO2S. The number of hydrogen-bond donors (Lipinski definition) is 1. The first-order valence-electron chi connectivity index (χ1n) is 5.94. The second-order valence-electron chi connectivity index (χ2n) is 4.27. The van der Waals surface area contributed by atoms with E-state index in [1.807, 2.05) is 0 Å². The summed E-state index contributed by atoms with van der Waals surface area (Å²) in [5.41, 5.74) is 0. The molecule has 0 radical (unpaired) electrons. The van der Waals surface area contributed by atoms with Gasteiger partial charge in [-0.3, -0.25) is 4.79 Å². The van der Waals surface area contributed by atoms with Crippen molar-refractivity contribution in [3.8, 4) is 0 Å². The largest absolute Gasteiger partial charge is 0.467 e. The minimum Gasteiger partial charge on any atom is -0.467 e. The molecule has 108 valence electrons. The fourth-order valence-electron chi connectivity index (χ4n) is 1.92. The summed E-state index contributed by atoms with van der Waals surface area (Å²) in [6.07, 6.45) is 1.55. The van der Waals surface area contributed by atoms with Gasteiger partial charge in [0.1, 0.15) is 10.6 Å². The number of carbonyl (C=O) groups is 1. The smallest absolute Gasteiger partial charge is 0.263 e. The highest BCUT2D eigenvalue weighted by Crippen LogP contribution is 2.41. The quantitative estimate of drug-likeness (QED) is 0.681. The number of fused-ring (bicyclic) bond motifs is 1. The molecular weight excluding hydrogens is 353 g/mol. The first kappa shape index (κ1) is 14.7. The molecule has 0 fully saturated rings.